The van der Waals surface area contributed by atoms with Crippen molar-refractivity contribution >= 4 is 23.2 Å². The summed E-state index contributed by atoms with van der Waals surface area (Å²) in [6.07, 6.45) is 0.282. The zero-order valence-corrected chi connectivity index (χ0v) is 12.5. The standard InChI is InChI=1S/C14H19N3O2S/c1-3-16-13(18)6-8-17-14(19)12-9-10(2)11(20-12)5-4-7-15/h9H,3,6-8,15H2,1-2H3,(H,16,18)(H,17,19). The maximum Gasteiger partial charge on any atom is 0.261 e. The molecule has 0 aliphatic carbocycles. The lowest BCUT2D eigenvalue weighted by molar-refractivity contribution is -0.120. The minimum absolute atomic E-state index is 0.0651. The summed E-state index contributed by atoms with van der Waals surface area (Å²) >= 11 is 1.33. The highest BCUT2D eigenvalue weighted by Crippen LogP contribution is 2.20. The van der Waals surface area contributed by atoms with Gasteiger partial charge >= 0.3 is 0 Å². The Morgan fingerprint density at radius 1 is 1.40 bits per heavy atom. The zero-order valence-electron chi connectivity index (χ0n) is 11.7. The number of nitrogens with one attached hydrogen (secondary N) is 2. The number of carbonyl (C=O) groups excluding carboxylic acids is 2. The smallest absolute Gasteiger partial charge is 0.261 e. The number of hydrogen-bond donors (Lipinski definition) is 3. The van der Waals surface area contributed by atoms with Crippen LogP contribution in [0.25, 0.3) is 0 Å². The summed E-state index contributed by atoms with van der Waals surface area (Å²) in [6, 6.07) is 1.80. The number of thiophene rings is 1. The lowest BCUT2D eigenvalue weighted by atomic mass is 10.2. The molecule has 6 heteroatoms. The second-order valence-electron chi connectivity index (χ2n) is 4.09. The highest BCUT2D eigenvalue weighted by atomic mass is 32.1. The number of amides is 2. The number of carbonyl (C=O) groups is 2. The molecule has 0 unspecified atom stereocenters. The average Bonchev–Trinajstić information content (AvgIpc) is 2.78. The van der Waals surface area contributed by atoms with Crippen molar-refractivity contribution in [2.24, 2.45) is 5.73 Å². The van der Waals surface area contributed by atoms with Crippen molar-refractivity contribution in [2.45, 2.75) is 20.3 Å². The summed E-state index contributed by atoms with van der Waals surface area (Å²) in [7, 11) is 0. The Hall–Kier alpha value is -1.84. The van der Waals surface area contributed by atoms with Crippen LogP contribution in [-0.2, 0) is 4.79 Å². The van der Waals surface area contributed by atoms with Crippen molar-refractivity contribution in [1.29, 1.82) is 0 Å². The van der Waals surface area contributed by atoms with Crippen LogP contribution in [0, 0.1) is 18.8 Å². The zero-order chi connectivity index (χ0) is 15.0. The van der Waals surface area contributed by atoms with Gasteiger partial charge in [0.1, 0.15) is 0 Å². The van der Waals surface area contributed by atoms with Crippen LogP contribution in [0.4, 0.5) is 0 Å². The number of nitrogens with two attached hydrogens (primary N) is 1. The average molecular weight is 293 g/mol. The minimum atomic E-state index is -0.178. The van der Waals surface area contributed by atoms with Gasteiger partial charge < -0.3 is 16.4 Å². The van der Waals surface area contributed by atoms with E-state index in [-0.39, 0.29) is 18.2 Å². The Kier molecular flexibility index (Phi) is 6.77. The van der Waals surface area contributed by atoms with Crippen molar-refractivity contribution in [3.63, 3.8) is 0 Å². The van der Waals surface area contributed by atoms with Crippen LogP contribution in [-0.4, -0.2) is 31.4 Å². The number of rotatable bonds is 5. The lowest BCUT2D eigenvalue weighted by Crippen LogP contribution is -2.30. The summed E-state index contributed by atoms with van der Waals surface area (Å²) in [4.78, 5) is 24.6. The third-order valence-corrected chi connectivity index (χ3v) is 3.61. The summed E-state index contributed by atoms with van der Waals surface area (Å²) in [5, 5.41) is 5.40. The summed E-state index contributed by atoms with van der Waals surface area (Å²) in [5.41, 5.74) is 6.29. The van der Waals surface area contributed by atoms with E-state index in [1.807, 2.05) is 13.8 Å². The molecule has 0 radical (unpaired) electrons. The molecule has 0 aliphatic heterocycles. The van der Waals surface area contributed by atoms with Gasteiger partial charge in [0.25, 0.3) is 5.91 Å². The van der Waals surface area contributed by atoms with Gasteiger partial charge in [-0.25, -0.2) is 0 Å². The first-order valence-electron chi connectivity index (χ1n) is 6.42. The first-order chi connectivity index (χ1) is 9.58. The highest BCUT2D eigenvalue weighted by Gasteiger charge is 2.11. The van der Waals surface area contributed by atoms with E-state index in [9.17, 15) is 9.59 Å². The second-order valence-corrected chi connectivity index (χ2v) is 5.14. The largest absolute Gasteiger partial charge is 0.356 e. The van der Waals surface area contributed by atoms with Crippen molar-refractivity contribution in [1.82, 2.24) is 10.6 Å². The monoisotopic (exact) mass is 293 g/mol. The molecule has 5 nitrogen and oxygen atoms in total. The van der Waals surface area contributed by atoms with E-state index in [0.717, 1.165) is 10.4 Å². The van der Waals surface area contributed by atoms with Crippen LogP contribution in [0.2, 0.25) is 0 Å². The van der Waals surface area contributed by atoms with Gasteiger partial charge in [0.05, 0.1) is 16.3 Å². The van der Waals surface area contributed by atoms with Crippen LogP contribution >= 0.6 is 11.3 Å². The van der Waals surface area contributed by atoms with Gasteiger partial charge in [-0.15, -0.1) is 11.3 Å². The maximum atomic E-state index is 11.9. The molecule has 0 spiro atoms. The normalized spacial score (nSPS) is 9.55. The first kappa shape index (κ1) is 16.2. The van der Waals surface area contributed by atoms with Crippen molar-refractivity contribution in [3.8, 4) is 11.8 Å². The van der Waals surface area contributed by atoms with Gasteiger partial charge in [0.15, 0.2) is 0 Å². The van der Waals surface area contributed by atoms with Gasteiger partial charge in [-0.2, -0.15) is 0 Å². The van der Waals surface area contributed by atoms with Gasteiger partial charge in [0.2, 0.25) is 5.91 Å². The third-order valence-electron chi connectivity index (χ3n) is 2.46. The Morgan fingerprint density at radius 2 is 2.15 bits per heavy atom. The molecule has 0 bridgehead atoms. The van der Waals surface area contributed by atoms with Crippen molar-refractivity contribution in [2.75, 3.05) is 19.6 Å². The van der Waals surface area contributed by atoms with E-state index in [1.165, 1.54) is 11.3 Å². The fourth-order valence-corrected chi connectivity index (χ4v) is 2.48. The van der Waals surface area contributed by atoms with E-state index in [0.29, 0.717) is 24.5 Å². The molecule has 0 atom stereocenters. The molecule has 20 heavy (non-hydrogen) atoms. The fourth-order valence-electron chi connectivity index (χ4n) is 1.51. The summed E-state index contributed by atoms with van der Waals surface area (Å²) in [5.74, 6) is 5.47. The molecule has 0 saturated heterocycles. The van der Waals surface area contributed by atoms with E-state index in [2.05, 4.69) is 22.5 Å². The maximum absolute atomic E-state index is 11.9. The van der Waals surface area contributed by atoms with Gasteiger partial charge in [-0.1, -0.05) is 11.8 Å². The Morgan fingerprint density at radius 3 is 2.80 bits per heavy atom. The topological polar surface area (TPSA) is 84.2 Å². The second kappa shape index (κ2) is 8.35. The van der Waals surface area contributed by atoms with E-state index in [4.69, 9.17) is 5.73 Å². The third kappa shape index (κ3) is 5.03. The first-order valence-corrected chi connectivity index (χ1v) is 7.24. The Labute approximate surface area is 122 Å². The van der Waals surface area contributed by atoms with Gasteiger partial charge in [-0.05, 0) is 25.5 Å². The van der Waals surface area contributed by atoms with Gasteiger partial charge in [-0.3, -0.25) is 9.59 Å². The molecule has 1 rings (SSSR count). The predicted molar refractivity (Wildman–Crippen MR) is 80.6 cm³/mol. The number of hydrogen-bond acceptors (Lipinski definition) is 4. The molecule has 108 valence electrons. The molecule has 1 aromatic rings. The highest BCUT2D eigenvalue weighted by molar-refractivity contribution is 7.14. The molecule has 0 aliphatic rings. The van der Waals surface area contributed by atoms with Crippen LogP contribution in [0.15, 0.2) is 6.07 Å². The fraction of sp³-hybridized carbons (Fsp3) is 0.429. The summed E-state index contributed by atoms with van der Waals surface area (Å²) < 4.78 is 0. The van der Waals surface area contributed by atoms with Crippen LogP contribution in [0.1, 0.15) is 33.5 Å². The SMILES string of the molecule is CCNC(=O)CCNC(=O)c1cc(C)c(C#CCN)s1. The number of aryl methyl sites for hydroxylation is 1. The van der Waals surface area contributed by atoms with Crippen molar-refractivity contribution in [3.05, 3.63) is 21.4 Å². The Balaban J connectivity index is 2.54. The molecule has 2 amide bonds. The predicted octanol–water partition coefficient (Wildman–Crippen LogP) is 0.623. The molecule has 0 fully saturated rings. The van der Waals surface area contributed by atoms with E-state index >= 15 is 0 Å². The molecule has 0 saturated carbocycles. The van der Waals surface area contributed by atoms with E-state index < -0.39 is 0 Å². The molecule has 4 N–H and O–H groups in total. The Bertz CT molecular complexity index is 540. The quantitative estimate of drug-likeness (QED) is 0.696. The van der Waals surface area contributed by atoms with Crippen LogP contribution in [0.5, 0.6) is 0 Å². The van der Waals surface area contributed by atoms with Crippen molar-refractivity contribution < 1.29 is 9.59 Å². The molecule has 1 aromatic heterocycles. The van der Waals surface area contributed by atoms with E-state index in [1.54, 1.807) is 6.07 Å². The lowest BCUT2D eigenvalue weighted by Gasteiger charge is -2.03. The van der Waals surface area contributed by atoms with Gasteiger partial charge in [0, 0.05) is 19.5 Å². The molecule has 1 heterocycles. The molecule has 0 aromatic carbocycles. The van der Waals surface area contributed by atoms with Crippen LogP contribution in [0.3, 0.4) is 0 Å². The minimum Gasteiger partial charge on any atom is -0.356 e. The summed E-state index contributed by atoms with van der Waals surface area (Å²) in [6.45, 7) is 4.98. The molecular weight excluding hydrogens is 274 g/mol. The van der Waals surface area contributed by atoms with Crippen LogP contribution < -0.4 is 16.4 Å². The molecular formula is C14H19N3O2S.